The molecule has 1 aliphatic carbocycles. The molecule has 3 atom stereocenters. The van der Waals surface area contributed by atoms with Crippen LogP contribution in [-0.4, -0.2) is 29.1 Å². The molecule has 1 N–H and O–H groups in total. The van der Waals surface area contributed by atoms with Crippen molar-refractivity contribution in [2.45, 2.75) is 71.1 Å². The average molecular weight is 224 g/mol. The van der Waals surface area contributed by atoms with Crippen molar-refractivity contribution in [2.75, 3.05) is 0 Å². The fraction of sp³-hybridized carbons (Fsp3) is 0.923. The molecule has 0 spiro atoms. The smallest absolute Gasteiger partial charge is 0.241 e. The van der Waals surface area contributed by atoms with Gasteiger partial charge >= 0.3 is 0 Å². The van der Waals surface area contributed by atoms with Gasteiger partial charge in [-0.25, -0.2) is 0 Å². The average Bonchev–Trinajstić information content (AvgIpc) is 3.05. The first-order valence-corrected chi connectivity index (χ1v) is 6.77. The van der Waals surface area contributed by atoms with Gasteiger partial charge in [0.15, 0.2) is 0 Å². The Kier molecular flexibility index (Phi) is 3.53. The summed E-state index contributed by atoms with van der Waals surface area (Å²) in [6, 6.07) is 0.505. The molecule has 0 radical (unpaired) electrons. The first-order chi connectivity index (χ1) is 7.69. The van der Waals surface area contributed by atoms with Gasteiger partial charge in [0.2, 0.25) is 5.91 Å². The Balaban J connectivity index is 2.07. The second-order valence-electron chi connectivity index (χ2n) is 5.26. The molecule has 0 aromatic rings. The van der Waals surface area contributed by atoms with Crippen molar-refractivity contribution >= 4 is 5.91 Å². The van der Waals surface area contributed by atoms with Crippen molar-refractivity contribution < 1.29 is 4.79 Å². The van der Waals surface area contributed by atoms with E-state index in [1.54, 1.807) is 0 Å². The van der Waals surface area contributed by atoms with E-state index in [0.717, 1.165) is 25.2 Å². The van der Waals surface area contributed by atoms with Crippen LogP contribution in [0.2, 0.25) is 0 Å². The maximum atomic E-state index is 12.3. The molecule has 1 heterocycles. The SMILES string of the molecule is CCCC1NC(CC)C(=O)N1C(C)C1CC1. The Labute approximate surface area is 98.6 Å². The van der Waals surface area contributed by atoms with E-state index in [2.05, 4.69) is 31.0 Å². The third kappa shape index (κ3) is 2.10. The highest BCUT2D eigenvalue weighted by molar-refractivity contribution is 5.84. The third-order valence-corrected chi connectivity index (χ3v) is 4.00. The molecule has 2 rings (SSSR count). The van der Waals surface area contributed by atoms with Crippen LogP contribution in [0.3, 0.4) is 0 Å². The van der Waals surface area contributed by atoms with Gasteiger partial charge in [0.05, 0.1) is 12.2 Å². The lowest BCUT2D eigenvalue weighted by molar-refractivity contribution is -0.132. The van der Waals surface area contributed by atoms with Crippen molar-refractivity contribution in [1.29, 1.82) is 0 Å². The standard InChI is InChI=1S/C13H24N2O/c1-4-6-12-14-11(5-2)13(16)15(12)9(3)10-7-8-10/h9-12,14H,4-8H2,1-3H3. The van der Waals surface area contributed by atoms with E-state index in [4.69, 9.17) is 0 Å². The number of hydrogen-bond donors (Lipinski definition) is 1. The summed E-state index contributed by atoms with van der Waals surface area (Å²) in [4.78, 5) is 14.4. The summed E-state index contributed by atoms with van der Waals surface area (Å²) in [6.45, 7) is 6.49. The number of carbonyl (C=O) groups is 1. The van der Waals surface area contributed by atoms with Crippen molar-refractivity contribution in [3.63, 3.8) is 0 Å². The van der Waals surface area contributed by atoms with E-state index in [1.807, 2.05) is 0 Å². The summed E-state index contributed by atoms with van der Waals surface area (Å²) in [5.41, 5.74) is 0. The van der Waals surface area contributed by atoms with Crippen molar-refractivity contribution in [3.05, 3.63) is 0 Å². The third-order valence-electron chi connectivity index (χ3n) is 4.00. The lowest BCUT2D eigenvalue weighted by Gasteiger charge is -2.30. The molecule has 3 heteroatoms. The van der Waals surface area contributed by atoms with Gasteiger partial charge in [-0.2, -0.15) is 0 Å². The normalized spacial score (nSPS) is 32.2. The maximum Gasteiger partial charge on any atom is 0.241 e. The molecule has 0 aromatic heterocycles. The molecule has 2 fully saturated rings. The van der Waals surface area contributed by atoms with Crippen LogP contribution in [0.4, 0.5) is 0 Å². The van der Waals surface area contributed by atoms with E-state index in [1.165, 1.54) is 12.8 Å². The van der Waals surface area contributed by atoms with Gasteiger partial charge in [-0.1, -0.05) is 20.3 Å². The Hall–Kier alpha value is -0.570. The minimum Gasteiger partial charge on any atom is -0.323 e. The van der Waals surface area contributed by atoms with Crippen molar-refractivity contribution in [2.24, 2.45) is 5.92 Å². The zero-order valence-corrected chi connectivity index (χ0v) is 10.7. The number of rotatable bonds is 5. The van der Waals surface area contributed by atoms with Gasteiger partial charge in [-0.05, 0) is 38.5 Å². The molecular formula is C13H24N2O. The van der Waals surface area contributed by atoms with Crippen molar-refractivity contribution in [3.8, 4) is 0 Å². The predicted molar refractivity (Wildman–Crippen MR) is 64.9 cm³/mol. The lowest BCUT2D eigenvalue weighted by Crippen LogP contribution is -2.44. The molecule has 1 amide bonds. The topological polar surface area (TPSA) is 32.3 Å². The maximum absolute atomic E-state index is 12.3. The molecule has 1 aliphatic heterocycles. The second kappa shape index (κ2) is 4.74. The first-order valence-electron chi connectivity index (χ1n) is 6.77. The first kappa shape index (κ1) is 11.9. The van der Waals surface area contributed by atoms with Gasteiger partial charge in [-0.3, -0.25) is 10.1 Å². The molecule has 0 bridgehead atoms. The monoisotopic (exact) mass is 224 g/mol. The Bertz CT molecular complexity index is 263. The fourth-order valence-corrected chi connectivity index (χ4v) is 2.80. The fourth-order valence-electron chi connectivity index (χ4n) is 2.80. The summed E-state index contributed by atoms with van der Waals surface area (Å²) in [5.74, 6) is 1.10. The molecule has 92 valence electrons. The van der Waals surface area contributed by atoms with Gasteiger partial charge < -0.3 is 4.90 Å². The van der Waals surface area contributed by atoms with Gasteiger partial charge in [0, 0.05) is 6.04 Å². The van der Waals surface area contributed by atoms with Gasteiger partial charge in [0.1, 0.15) is 0 Å². The minimum atomic E-state index is 0.0674. The summed E-state index contributed by atoms with van der Waals surface area (Å²) >= 11 is 0. The van der Waals surface area contributed by atoms with Crippen LogP contribution in [-0.2, 0) is 4.79 Å². The number of amides is 1. The van der Waals surface area contributed by atoms with Crippen LogP contribution in [0.1, 0.15) is 52.9 Å². The van der Waals surface area contributed by atoms with E-state index in [0.29, 0.717) is 11.9 Å². The van der Waals surface area contributed by atoms with Crippen LogP contribution in [0.15, 0.2) is 0 Å². The number of hydrogen-bond acceptors (Lipinski definition) is 2. The van der Waals surface area contributed by atoms with Crippen LogP contribution < -0.4 is 5.32 Å². The second-order valence-corrected chi connectivity index (χ2v) is 5.26. The van der Waals surface area contributed by atoms with E-state index in [-0.39, 0.29) is 12.2 Å². The van der Waals surface area contributed by atoms with Crippen LogP contribution in [0, 0.1) is 5.92 Å². The highest BCUT2D eigenvalue weighted by Gasteiger charge is 2.44. The van der Waals surface area contributed by atoms with E-state index >= 15 is 0 Å². The molecule has 3 unspecified atom stereocenters. The molecular weight excluding hydrogens is 200 g/mol. The zero-order chi connectivity index (χ0) is 11.7. The van der Waals surface area contributed by atoms with Gasteiger partial charge in [0.25, 0.3) is 0 Å². The highest BCUT2D eigenvalue weighted by atomic mass is 16.2. The predicted octanol–water partition coefficient (Wildman–Crippen LogP) is 2.12. The van der Waals surface area contributed by atoms with E-state index in [9.17, 15) is 4.79 Å². The van der Waals surface area contributed by atoms with Crippen LogP contribution >= 0.6 is 0 Å². The molecule has 16 heavy (non-hydrogen) atoms. The number of nitrogens with zero attached hydrogens (tertiary/aromatic N) is 1. The lowest BCUT2D eigenvalue weighted by atomic mass is 10.1. The summed E-state index contributed by atoms with van der Waals surface area (Å²) < 4.78 is 0. The van der Waals surface area contributed by atoms with Crippen LogP contribution in [0.25, 0.3) is 0 Å². The summed E-state index contributed by atoms with van der Waals surface area (Å²) in [5, 5.41) is 3.48. The molecule has 3 nitrogen and oxygen atoms in total. The summed E-state index contributed by atoms with van der Waals surface area (Å²) in [7, 11) is 0. The van der Waals surface area contributed by atoms with Crippen molar-refractivity contribution in [1.82, 2.24) is 10.2 Å². The minimum absolute atomic E-state index is 0.0674. The Morgan fingerprint density at radius 1 is 1.44 bits per heavy atom. The highest BCUT2D eigenvalue weighted by Crippen LogP contribution is 2.37. The number of carbonyl (C=O) groups excluding carboxylic acids is 1. The molecule has 0 aromatic carbocycles. The summed E-state index contributed by atoms with van der Waals surface area (Å²) in [6.07, 6.45) is 6.03. The zero-order valence-electron chi connectivity index (χ0n) is 10.7. The Morgan fingerprint density at radius 3 is 2.62 bits per heavy atom. The van der Waals surface area contributed by atoms with Crippen LogP contribution in [0.5, 0.6) is 0 Å². The molecule has 1 saturated heterocycles. The molecule has 2 aliphatic rings. The quantitative estimate of drug-likeness (QED) is 0.776. The Morgan fingerprint density at radius 2 is 2.12 bits per heavy atom. The van der Waals surface area contributed by atoms with Gasteiger partial charge in [-0.15, -0.1) is 0 Å². The number of nitrogens with one attached hydrogen (secondary N) is 1. The largest absolute Gasteiger partial charge is 0.323 e. The molecule has 1 saturated carbocycles. The van der Waals surface area contributed by atoms with E-state index < -0.39 is 0 Å².